The van der Waals surface area contributed by atoms with Crippen LogP contribution in [0.5, 0.6) is 0 Å². The summed E-state index contributed by atoms with van der Waals surface area (Å²) < 4.78 is 10.9. The smallest absolute Gasteiger partial charge is 0.194 e. The molecule has 0 bridgehead atoms. The Kier molecular flexibility index (Phi) is 6.32. The highest BCUT2D eigenvalue weighted by Crippen LogP contribution is 2.62. The summed E-state index contributed by atoms with van der Waals surface area (Å²) in [5, 5.41) is 3.63. The van der Waals surface area contributed by atoms with E-state index in [0.717, 1.165) is 25.7 Å². The van der Waals surface area contributed by atoms with E-state index in [4.69, 9.17) is 9.47 Å². The molecule has 1 saturated heterocycles. The average Bonchev–Trinajstić information content (AvgIpc) is 2.78. The van der Waals surface area contributed by atoms with Crippen LogP contribution in [-0.4, -0.2) is 63.5 Å². The predicted octanol–water partition coefficient (Wildman–Crippen LogP) is 1.96. The highest BCUT2D eigenvalue weighted by atomic mass is 127. The van der Waals surface area contributed by atoms with Crippen molar-refractivity contribution in [2.75, 3.05) is 40.5 Å². The molecule has 5 nitrogen and oxygen atoms in total. The Morgan fingerprint density at radius 2 is 1.95 bits per heavy atom. The Hall–Kier alpha value is -0.0800. The lowest BCUT2D eigenvalue weighted by Crippen LogP contribution is -2.52. The van der Waals surface area contributed by atoms with Crippen LogP contribution < -0.4 is 5.32 Å². The van der Waals surface area contributed by atoms with Gasteiger partial charge in [0.05, 0.1) is 19.3 Å². The van der Waals surface area contributed by atoms with E-state index in [0.29, 0.717) is 23.5 Å². The van der Waals surface area contributed by atoms with Crippen molar-refractivity contribution in [1.82, 2.24) is 10.2 Å². The molecular formula is C15H30IN3O2. The van der Waals surface area contributed by atoms with E-state index in [1.165, 1.54) is 0 Å². The van der Waals surface area contributed by atoms with E-state index < -0.39 is 0 Å². The second-order valence-corrected chi connectivity index (χ2v) is 6.96. The van der Waals surface area contributed by atoms with Crippen molar-refractivity contribution < 1.29 is 9.47 Å². The topological polar surface area (TPSA) is 46.1 Å². The number of nitrogens with one attached hydrogen (secondary N) is 1. The third kappa shape index (κ3) is 3.64. The highest BCUT2D eigenvalue weighted by Gasteiger charge is 2.65. The predicted molar refractivity (Wildman–Crippen MR) is 96.4 cm³/mol. The molecule has 0 aromatic rings. The number of methoxy groups -OCH3 is 1. The van der Waals surface area contributed by atoms with Gasteiger partial charge in [-0.1, -0.05) is 27.7 Å². The van der Waals surface area contributed by atoms with Crippen LogP contribution in [0, 0.1) is 10.8 Å². The molecule has 0 spiro atoms. The summed E-state index contributed by atoms with van der Waals surface area (Å²) in [6.07, 6.45) is 0.132. The molecule has 1 heterocycles. The van der Waals surface area contributed by atoms with Crippen LogP contribution in [0.1, 0.15) is 27.7 Å². The van der Waals surface area contributed by atoms with Gasteiger partial charge in [-0.25, -0.2) is 0 Å². The SMILES string of the molecule is CN=C(NC1C(C)(C)C1(C)C)N1CCOC(COC)C1.I. The number of hydrogen-bond acceptors (Lipinski definition) is 3. The summed E-state index contributed by atoms with van der Waals surface area (Å²) >= 11 is 0. The van der Waals surface area contributed by atoms with Crippen LogP contribution in [0.15, 0.2) is 4.99 Å². The molecule has 124 valence electrons. The highest BCUT2D eigenvalue weighted by molar-refractivity contribution is 14.0. The average molecular weight is 411 g/mol. The van der Waals surface area contributed by atoms with Gasteiger partial charge >= 0.3 is 0 Å². The maximum absolute atomic E-state index is 5.70. The fourth-order valence-corrected chi connectivity index (χ4v) is 3.18. The zero-order valence-corrected chi connectivity index (χ0v) is 16.4. The summed E-state index contributed by atoms with van der Waals surface area (Å²) in [7, 11) is 3.57. The number of guanidine groups is 1. The molecule has 1 atom stereocenters. The molecule has 2 rings (SSSR count). The number of aliphatic imine (C=N–C) groups is 1. The first-order chi connectivity index (χ1) is 9.34. The Balaban J connectivity index is 0.00000220. The third-order valence-electron chi connectivity index (χ3n) is 5.30. The molecule has 1 N–H and O–H groups in total. The first-order valence-corrected chi connectivity index (χ1v) is 7.43. The Morgan fingerprint density at radius 1 is 1.33 bits per heavy atom. The van der Waals surface area contributed by atoms with Gasteiger partial charge in [-0.3, -0.25) is 4.99 Å². The van der Waals surface area contributed by atoms with Crippen LogP contribution in [0.3, 0.4) is 0 Å². The number of nitrogens with zero attached hydrogens (tertiary/aromatic N) is 2. The van der Waals surface area contributed by atoms with Crippen LogP contribution in [0.2, 0.25) is 0 Å². The van der Waals surface area contributed by atoms with Crippen molar-refractivity contribution in [3.8, 4) is 0 Å². The van der Waals surface area contributed by atoms with Gasteiger partial charge in [-0.15, -0.1) is 24.0 Å². The van der Waals surface area contributed by atoms with Crippen LogP contribution in [-0.2, 0) is 9.47 Å². The van der Waals surface area contributed by atoms with Crippen molar-refractivity contribution >= 4 is 29.9 Å². The summed E-state index contributed by atoms with van der Waals surface area (Å²) in [5.41, 5.74) is 0.613. The normalized spacial score (nSPS) is 28.0. The van der Waals surface area contributed by atoms with Gasteiger partial charge in [0.25, 0.3) is 0 Å². The van der Waals surface area contributed by atoms with Crippen molar-refractivity contribution in [3.05, 3.63) is 0 Å². The van der Waals surface area contributed by atoms with E-state index in [-0.39, 0.29) is 30.1 Å². The molecule has 1 saturated carbocycles. The summed E-state index contributed by atoms with van der Waals surface area (Å²) in [4.78, 5) is 6.73. The summed E-state index contributed by atoms with van der Waals surface area (Å²) in [6.45, 7) is 12.3. The number of morpholine rings is 1. The van der Waals surface area contributed by atoms with E-state index in [1.807, 2.05) is 7.05 Å². The lowest BCUT2D eigenvalue weighted by atomic mass is 10.0. The zero-order chi connectivity index (χ0) is 15.0. The minimum atomic E-state index is 0. The van der Waals surface area contributed by atoms with Crippen molar-refractivity contribution in [3.63, 3.8) is 0 Å². The lowest BCUT2D eigenvalue weighted by Gasteiger charge is -2.35. The standard InChI is InChI=1S/C15H29N3O2.HI/c1-14(2)12(15(14,3)4)17-13(16-5)18-7-8-20-11(9-18)10-19-6;/h11-12H,7-10H2,1-6H3,(H,16,17);1H. The van der Waals surface area contributed by atoms with E-state index >= 15 is 0 Å². The molecular weight excluding hydrogens is 381 g/mol. The van der Waals surface area contributed by atoms with Crippen molar-refractivity contribution in [1.29, 1.82) is 0 Å². The van der Waals surface area contributed by atoms with Gasteiger partial charge in [0.2, 0.25) is 0 Å². The molecule has 2 aliphatic rings. The maximum Gasteiger partial charge on any atom is 0.194 e. The molecule has 0 aromatic carbocycles. The van der Waals surface area contributed by atoms with E-state index in [9.17, 15) is 0 Å². The Bertz CT molecular complexity index is 369. The maximum atomic E-state index is 5.70. The lowest BCUT2D eigenvalue weighted by molar-refractivity contribution is -0.0447. The minimum Gasteiger partial charge on any atom is -0.382 e. The van der Waals surface area contributed by atoms with Crippen molar-refractivity contribution in [2.24, 2.45) is 15.8 Å². The molecule has 6 heteroatoms. The molecule has 21 heavy (non-hydrogen) atoms. The van der Waals surface area contributed by atoms with Crippen molar-refractivity contribution in [2.45, 2.75) is 39.8 Å². The molecule has 0 amide bonds. The minimum absolute atomic E-state index is 0. The largest absolute Gasteiger partial charge is 0.382 e. The van der Waals surface area contributed by atoms with Gasteiger partial charge in [0, 0.05) is 33.3 Å². The second kappa shape index (κ2) is 7.00. The molecule has 0 radical (unpaired) electrons. The first kappa shape index (κ1) is 19.0. The van der Waals surface area contributed by atoms with E-state index in [2.05, 4.69) is 42.9 Å². The first-order valence-electron chi connectivity index (χ1n) is 7.43. The van der Waals surface area contributed by atoms with Gasteiger partial charge < -0.3 is 19.7 Å². The summed E-state index contributed by atoms with van der Waals surface area (Å²) in [6, 6.07) is 0.470. The zero-order valence-electron chi connectivity index (χ0n) is 14.1. The second-order valence-electron chi connectivity index (χ2n) is 6.96. The van der Waals surface area contributed by atoms with E-state index in [1.54, 1.807) is 7.11 Å². The molecule has 0 aromatic heterocycles. The monoisotopic (exact) mass is 411 g/mol. The number of rotatable bonds is 3. The molecule has 1 unspecified atom stereocenters. The van der Waals surface area contributed by atoms with Crippen LogP contribution in [0.4, 0.5) is 0 Å². The fraction of sp³-hybridized carbons (Fsp3) is 0.933. The molecule has 1 aliphatic heterocycles. The number of halogens is 1. The Morgan fingerprint density at radius 3 is 2.43 bits per heavy atom. The fourth-order valence-electron chi connectivity index (χ4n) is 3.18. The van der Waals surface area contributed by atoms with Gasteiger partial charge in [-0.2, -0.15) is 0 Å². The molecule has 1 aliphatic carbocycles. The quantitative estimate of drug-likeness (QED) is 0.438. The Labute approximate surface area is 145 Å². The third-order valence-corrected chi connectivity index (χ3v) is 5.30. The van der Waals surface area contributed by atoms with Gasteiger partial charge in [0.1, 0.15) is 0 Å². The summed E-state index contributed by atoms with van der Waals surface area (Å²) in [5.74, 6) is 0.984. The molecule has 2 fully saturated rings. The van der Waals surface area contributed by atoms with Crippen LogP contribution >= 0.6 is 24.0 Å². The van der Waals surface area contributed by atoms with Crippen LogP contribution in [0.25, 0.3) is 0 Å². The van der Waals surface area contributed by atoms with Gasteiger partial charge in [-0.05, 0) is 10.8 Å². The number of ether oxygens (including phenoxy) is 2. The van der Waals surface area contributed by atoms with Gasteiger partial charge in [0.15, 0.2) is 5.96 Å². The number of hydrogen-bond donors (Lipinski definition) is 1.